The van der Waals surface area contributed by atoms with Gasteiger partial charge in [0.05, 0.1) is 10.9 Å². The number of carbonyl (C=O) groups excluding carboxylic acids is 2. The van der Waals surface area contributed by atoms with Crippen molar-refractivity contribution in [3.63, 3.8) is 0 Å². The van der Waals surface area contributed by atoms with E-state index in [0.29, 0.717) is 16.9 Å². The smallest absolute Gasteiger partial charge is 0.238 e. The van der Waals surface area contributed by atoms with Crippen molar-refractivity contribution >= 4 is 40.9 Å². The number of anilines is 1. The van der Waals surface area contributed by atoms with Gasteiger partial charge in [-0.1, -0.05) is 11.6 Å². The molecule has 0 bridgehead atoms. The number of nitrogens with two attached hydrogens (primary N) is 1. The molecule has 4 unspecified atom stereocenters. The van der Waals surface area contributed by atoms with E-state index < -0.39 is 0 Å². The van der Waals surface area contributed by atoms with Crippen LogP contribution >= 0.6 is 23.4 Å². The van der Waals surface area contributed by atoms with Crippen LogP contribution < -0.4 is 11.1 Å². The summed E-state index contributed by atoms with van der Waals surface area (Å²) >= 11 is 7.40. The van der Waals surface area contributed by atoms with Crippen molar-refractivity contribution in [2.75, 3.05) is 18.4 Å². The maximum atomic E-state index is 12.6. The van der Waals surface area contributed by atoms with Crippen molar-refractivity contribution in [3.05, 3.63) is 23.2 Å². The SMILES string of the molecule is NC1CCC2CN(C(=O)CC3Sc4ccc(Cl)cc4NC3=O)CC12. The van der Waals surface area contributed by atoms with Crippen LogP contribution in [0.3, 0.4) is 0 Å². The molecule has 5 nitrogen and oxygen atoms in total. The van der Waals surface area contributed by atoms with Crippen LogP contribution in [0, 0.1) is 11.8 Å². The molecule has 0 radical (unpaired) electrons. The van der Waals surface area contributed by atoms with E-state index in [2.05, 4.69) is 5.32 Å². The number of fused-ring (bicyclic) bond motifs is 2. The Morgan fingerprint density at radius 1 is 1.38 bits per heavy atom. The summed E-state index contributed by atoms with van der Waals surface area (Å²) in [5.41, 5.74) is 6.86. The molecular weight excluding hydrogens is 346 g/mol. The second kappa shape index (κ2) is 6.24. The van der Waals surface area contributed by atoms with Crippen molar-refractivity contribution in [2.24, 2.45) is 17.6 Å². The summed E-state index contributed by atoms with van der Waals surface area (Å²) in [6.45, 7) is 1.54. The van der Waals surface area contributed by atoms with E-state index in [0.717, 1.165) is 36.5 Å². The molecule has 4 rings (SSSR count). The van der Waals surface area contributed by atoms with Crippen LogP contribution in [0.5, 0.6) is 0 Å². The standard InChI is InChI=1S/C17H20ClN3O2S/c18-10-2-4-14-13(5-10)20-17(23)15(24-14)6-16(22)21-7-9-1-3-12(19)11(9)8-21/h2,4-5,9,11-12,15H,1,3,6-8,19H2,(H,20,23). The summed E-state index contributed by atoms with van der Waals surface area (Å²) in [5.74, 6) is 0.908. The third-order valence-electron chi connectivity index (χ3n) is 5.39. The molecule has 1 saturated heterocycles. The highest BCUT2D eigenvalue weighted by atomic mass is 35.5. The topological polar surface area (TPSA) is 75.4 Å². The van der Waals surface area contributed by atoms with E-state index in [-0.39, 0.29) is 29.5 Å². The van der Waals surface area contributed by atoms with E-state index in [1.165, 1.54) is 11.8 Å². The lowest BCUT2D eigenvalue weighted by Crippen LogP contribution is -2.38. The van der Waals surface area contributed by atoms with Gasteiger partial charge in [0.25, 0.3) is 0 Å². The minimum absolute atomic E-state index is 0.0571. The van der Waals surface area contributed by atoms with Crippen molar-refractivity contribution in [2.45, 2.75) is 35.4 Å². The average Bonchev–Trinajstić information content (AvgIpc) is 3.11. The molecule has 24 heavy (non-hydrogen) atoms. The molecule has 2 aliphatic heterocycles. The average molecular weight is 366 g/mol. The van der Waals surface area contributed by atoms with Crippen LogP contribution in [0.4, 0.5) is 5.69 Å². The summed E-state index contributed by atoms with van der Waals surface area (Å²) in [4.78, 5) is 27.8. The van der Waals surface area contributed by atoms with Crippen molar-refractivity contribution < 1.29 is 9.59 Å². The first-order valence-electron chi connectivity index (χ1n) is 8.31. The molecule has 1 aromatic carbocycles. The number of halogens is 1. The fraction of sp³-hybridized carbons (Fsp3) is 0.529. The first kappa shape index (κ1) is 16.2. The number of hydrogen-bond acceptors (Lipinski definition) is 4. The Morgan fingerprint density at radius 2 is 2.21 bits per heavy atom. The third kappa shape index (κ3) is 2.91. The zero-order valence-corrected chi connectivity index (χ0v) is 14.8. The van der Waals surface area contributed by atoms with Gasteiger partial charge in [-0.05, 0) is 42.9 Å². The van der Waals surface area contributed by atoms with E-state index in [9.17, 15) is 9.59 Å². The van der Waals surface area contributed by atoms with Crippen LogP contribution in [0.1, 0.15) is 19.3 Å². The van der Waals surface area contributed by atoms with E-state index in [1.807, 2.05) is 11.0 Å². The molecule has 0 aromatic heterocycles. The summed E-state index contributed by atoms with van der Waals surface area (Å²) in [5, 5.41) is 3.06. The lowest BCUT2D eigenvalue weighted by Gasteiger charge is -2.26. The molecule has 7 heteroatoms. The number of nitrogens with zero attached hydrogens (tertiary/aromatic N) is 1. The maximum Gasteiger partial charge on any atom is 0.238 e. The lowest BCUT2D eigenvalue weighted by atomic mass is 9.98. The molecule has 1 aromatic rings. The van der Waals surface area contributed by atoms with E-state index >= 15 is 0 Å². The van der Waals surface area contributed by atoms with Gasteiger partial charge >= 0.3 is 0 Å². The van der Waals surface area contributed by atoms with Crippen LogP contribution in [-0.2, 0) is 9.59 Å². The summed E-state index contributed by atoms with van der Waals surface area (Å²) < 4.78 is 0. The highest BCUT2D eigenvalue weighted by Gasteiger charge is 2.43. The Labute approximate surface area is 150 Å². The third-order valence-corrected chi connectivity index (χ3v) is 6.90. The van der Waals surface area contributed by atoms with Gasteiger partial charge < -0.3 is 16.0 Å². The Hall–Kier alpha value is -1.24. The number of rotatable bonds is 2. The Balaban J connectivity index is 1.41. The largest absolute Gasteiger partial charge is 0.342 e. The molecule has 1 saturated carbocycles. The highest BCUT2D eigenvalue weighted by Crippen LogP contribution is 2.40. The molecular formula is C17H20ClN3O2S. The van der Waals surface area contributed by atoms with Crippen LogP contribution in [0.2, 0.25) is 5.02 Å². The molecule has 2 amide bonds. The van der Waals surface area contributed by atoms with Gasteiger partial charge in [0.15, 0.2) is 0 Å². The lowest BCUT2D eigenvalue weighted by molar-refractivity contribution is -0.132. The fourth-order valence-corrected chi connectivity index (χ4v) is 5.31. The van der Waals surface area contributed by atoms with Crippen molar-refractivity contribution in [1.29, 1.82) is 0 Å². The fourth-order valence-electron chi connectivity index (χ4n) is 4.06. The number of likely N-dealkylation sites (tertiary alicyclic amines) is 1. The van der Waals surface area contributed by atoms with Crippen molar-refractivity contribution in [3.8, 4) is 0 Å². The second-order valence-corrected chi connectivity index (χ2v) is 8.59. The molecule has 1 aliphatic carbocycles. The van der Waals surface area contributed by atoms with Crippen LogP contribution in [-0.4, -0.2) is 41.1 Å². The van der Waals surface area contributed by atoms with E-state index in [1.54, 1.807) is 12.1 Å². The predicted octanol–water partition coefficient (Wildman–Crippen LogP) is 2.34. The zero-order chi connectivity index (χ0) is 16.8. The predicted molar refractivity (Wildman–Crippen MR) is 95.1 cm³/mol. The monoisotopic (exact) mass is 365 g/mol. The second-order valence-electron chi connectivity index (χ2n) is 6.90. The molecule has 2 heterocycles. The van der Waals surface area contributed by atoms with E-state index in [4.69, 9.17) is 17.3 Å². The van der Waals surface area contributed by atoms with Gasteiger partial charge in [0, 0.05) is 35.5 Å². The van der Waals surface area contributed by atoms with Gasteiger partial charge in [-0.25, -0.2) is 0 Å². The highest BCUT2D eigenvalue weighted by molar-refractivity contribution is 8.01. The molecule has 128 valence electrons. The first-order valence-corrected chi connectivity index (χ1v) is 9.57. The number of benzene rings is 1. The number of nitrogens with one attached hydrogen (secondary N) is 1. The Morgan fingerprint density at radius 3 is 3.00 bits per heavy atom. The summed E-state index contributed by atoms with van der Waals surface area (Å²) in [6.07, 6.45) is 2.41. The Kier molecular flexibility index (Phi) is 4.22. The molecule has 3 aliphatic rings. The van der Waals surface area contributed by atoms with Gasteiger partial charge in [-0.15, -0.1) is 11.8 Å². The first-order chi connectivity index (χ1) is 11.5. The van der Waals surface area contributed by atoms with Gasteiger partial charge in [-0.3, -0.25) is 9.59 Å². The van der Waals surface area contributed by atoms with Gasteiger partial charge in [0.1, 0.15) is 0 Å². The van der Waals surface area contributed by atoms with Gasteiger partial charge in [-0.2, -0.15) is 0 Å². The van der Waals surface area contributed by atoms with Gasteiger partial charge in [0.2, 0.25) is 11.8 Å². The van der Waals surface area contributed by atoms with Crippen molar-refractivity contribution in [1.82, 2.24) is 4.90 Å². The number of hydrogen-bond donors (Lipinski definition) is 2. The normalized spacial score (nSPS) is 31.6. The molecule has 2 fully saturated rings. The number of carbonyl (C=O) groups is 2. The maximum absolute atomic E-state index is 12.6. The quantitative estimate of drug-likeness (QED) is 0.843. The summed E-state index contributed by atoms with van der Waals surface area (Å²) in [7, 11) is 0. The summed E-state index contributed by atoms with van der Waals surface area (Å²) in [6, 6.07) is 5.64. The molecule has 0 spiro atoms. The molecule has 4 atom stereocenters. The zero-order valence-electron chi connectivity index (χ0n) is 13.2. The minimum atomic E-state index is -0.389. The minimum Gasteiger partial charge on any atom is -0.342 e. The van der Waals surface area contributed by atoms with Crippen LogP contribution in [0.15, 0.2) is 23.1 Å². The molecule has 3 N–H and O–H groups in total. The number of thioether (sulfide) groups is 1. The Bertz CT molecular complexity index is 698. The number of amides is 2. The van der Waals surface area contributed by atoms with Crippen LogP contribution in [0.25, 0.3) is 0 Å².